The van der Waals surface area contributed by atoms with Gasteiger partial charge in [-0.3, -0.25) is 9.78 Å². The lowest BCUT2D eigenvalue weighted by atomic mass is 9.79. The number of carboxylic acid groups (broad SMARTS) is 1. The van der Waals surface area contributed by atoms with Gasteiger partial charge in [-0.05, 0) is 5.92 Å². The first-order chi connectivity index (χ1) is 14.6. The predicted molar refractivity (Wildman–Crippen MR) is 102 cm³/mol. The van der Waals surface area contributed by atoms with Crippen LogP contribution < -0.4 is 0 Å². The van der Waals surface area contributed by atoms with Crippen LogP contribution in [0.2, 0.25) is 0 Å². The molecule has 3 heterocycles. The minimum absolute atomic E-state index is 0.0257. The average Bonchev–Trinajstić information content (AvgIpc) is 2.89. The van der Waals surface area contributed by atoms with Crippen LogP contribution in [0.15, 0.2) is 18.6 Å². The first kappa shape index (κ1) is 25.0. The van der Waals surface area contributed by atoms with Crippen molar-refractivity contribution in [1.82, 2.24) is 19.8 Å². The van der Waals surface area contributed by atoms with Crippen molar-refractivity contribution in [1.29, 1.82) is 0 Å². The molecule has 2 fully saturated rings. The Morgan fingerprint density at radius 3 is 2.65 bits per heavy atom. The van der Waals surface area contributed by atoms with Crippen molar-refractivity contribution in [2.45, 2.75) is 13.1 Å². The Balaban J connectivity index is 0.000000423. The van der Waals surface area contributed by atoms with Crippen LogP contribution in [0.3, 0.4) is 0 Å². The summed E-state index contributed by atoms with van der Waals surface area (Å²) in [5, 5.41) is 7.12. The number of carbonyl (C=O) groups is 2. The number of halogens is 3. The van der Waals surface area contributed by atoms with E-state index >= 15 is 0 Å². The van der Waals surface area contributed by atoms with Crippen molar-refractivity contribution in [3.05, 3.63) is 24.3 Å². The molecule has 9 nitrogen and oxygen atoms in total. The van der Waals surface area contributed by atoms with Crippen LogP contribution in [0.4, 0.5) is 13.2 Å². The number of hydrogen-bond acceptors (Lipinski definition) is 7. The number of carboxylic acids is 1. The summed E-state index contributed by atoms with van der Waals surface area (Å²) >= 11 is 0. The van der Waals surface area contributed by atoms with Crippen LogP contribution in [-0.4, -0.2) is 103 Å². The highest BCUT2D eigenvalue weighted by atomic mass is 19.4. The number of nitrogens with zero attached hydrogens (tertiary/aromatic N) is 4. The quantitative estimate of drug-likeness (QED) is 0.732. The van der Waals surface area contributed by atoms with Crippen molar-refractivity contribution in [3.8, 4) is 0 Å². The third kappa shape index (κ3) is 6.84. The summed E-state index contributed by atoms with van der Waals surface area (Å²) in [7, 11) is 1.73. The number of hydrogen-bond donors (Lipinski definition) is 1. The molecule has 0 bridgehead atoms. The zero-order valence-corrected chi connectivity index (χ0v) is 17.5. The van der Waals surface area contributed by atoms with E-state index in [0.29, 0.717) is 37.9 Å². The molecule has 1 spiro atoms. The van der Waals surface area contributed by atoms with Gasteiger partial charge >= 0.3 is 12.1 Å². The molecule has 12 heteroatoms. The highest BCUT2D eigenvalue weighted by molar-refractivity contribution is 5.92. The number of amides is 1. The normalized spacial score (nSPS) is 24.4. The minimum Gasteiger partial charge on any atom is -0.475 e. The standard InChI is InChI=1S/C17H26N4O3.C2HF3O2/c1-14-10-20(5-7-23-2)11-17(14)12-21(6-8-24-13-17)16(22)15-9-18-3-4-19-15;3-2(4,5)1(6)7/h3-4,9,14H,5-8,10-13H2,1-2H3;(H,6,7)/t14-,17+;/m1./s1. The lowest BCUT2D eigenvalue weighted by Crippen LogP contribution is -2.46. The Morgan fingerprint density at radius 1 is 1.35 bits per heavy atom. The number of rotatable bonds is 4. The van der Waals surface area contributed by atoms with Crippen LogP contribution in [0.25, 0.3) is 0 Å². The maximum Gasteiger partial charge on any atom is 0.490 e. The van der Waals surface area contributed by atoms with Gasteiger partial charge in [-0.25, -0.2) is 9.78 Å². The first-order valence-corrected chi connectivity index (χ1v) is 9.73. The summed E-state index contributed by atoms with van der Waals surface area (Å²) in [5.74, 6) is -2.35. The van der Waals surface area contributed by atoms with E-state index < -0.39 is 12.1 Å². The van der Waals surface area contributed by atoms with Gasteiger partial charge in [-0.2, -0.15) is 13.2 Å². The van der Waals surface area contributed by atoms with Crippen molar-refractivity contribution < 1.29 is 37.3 Å². The second kappa shape index (κ2) is 10.8. The van der Waals surface area contributed by atoms with Crippen molar-refractivity contribution in [2.24, 2.45) is 11.3 Å². The first-order valence-electron chi connectivity index (χ1n) is 9.73. The number of methoxy groups -OCH3 is 1. The van der Waals surface area contributed by atoms with E-state index in [-0.39, 0.29) is 11.3 Å². The SMILES string of the molecule is COCCN1C[C@@H](C)[C@@]2(COCCN(C(=O)c3cnccn3)C2)C1.O=C(O)C(F)(F)F. The lowest BCUT2D eigenvalue weighted by molar-refractivity contribution is -0.192. The van der Waals surface area contributed by atoms with Crippen molar-refractivity contribution in [2.75, 3.05) is 59.7 Å². The molecule has 0 unspecified atom stereocenters. The van der Waals surface area contributed by atoms with Gasteiger partial charge in [-0.1, -0.05) is 6.92 Å². The second-order valence-corrected chi connectivity index (χ2v) is 7.66. The number of carbonyl (C=O) groups excluding carboxylic acids is 1. The van der Waals surface area contributed by atoms with Crippen molar-refractivity contribution >= 4 is 11.9 Å². The van der Waals surface area contributed by atoms with E-state index in [0.717, 1.165) is 26.2 Å². The van der Waals surface area contributed by atoms with Gasteiger partial charge in [0, 0.05) is 57.6 Å². The smallest absolute Gasteiger partial charge is 0.475 e. The van der Waals surface area contributed by atoms with Gasteiger partial charge in [-0.15, -0.1) is 0 Å². The number of aliphatic carboxylic acids is 1. The summed E-state index contributed by atoms with van der Waals surface area (Å²) in [5.41, 5.74) is 0.374. The van der Waals surface area contributed by atoms with Gasteiger partial charge in [0.2, 0.25) is 0 Å². The molecule has 0 saturated carbocycles. The molecule has 2 atom stereocenters. The van der Waals surface area contributed by atoms with E-state index in [4.69, 9.17) is 19.4 Å². The maximum atomic E-state index is 12.8. The van der Waals surface area contributed by atoms with Gasteiger partial charge < -0.3 is 24.4 Å². The molecule has 2 aliphatic heterocycles. The molecular weight excluding hydrogens is 421 g/mol. The highest BCUT2D eigenvalue weighted by Gasteiger charge is 2.47. The van der Waals surface area contributed by atoms with Crippen LogP contribution >= 0.6 is 0 Å². The summed E-state index contributed by atoms with van der Waals surface area (Å²) in [6, 6.07) is 0. The Morgan fingerprint density at radius 2 is 2.06 bits per heavy atom. The fourth-order valence-electron chi connectivity index (χ4n) is 3.73. The summed E-state index contributed by atoms with van der Waals surface area (Å²) in [6.45, 7) is 8.41. The lowest BCUT2D eigenvalue weighted by Gasteiger charge is -2.35. The van der Waals surface area contributed by atoms with Crippen molar-refractivity contribution in [3.63, 3.8) is 0 Å². The van der Waals surface area contributed by atoms with E-state index in [1.54, 1.807) is 19.5 Å². The van der Waals surface area contributed by atoms with Crippen LogP contribution in [0.5, 0.6) is 0 Å². The molecule has 0 aromatic carbocycles. The summed E-state index contributed by atoms with van der Waals surface area (Å²) in [4.78, 5) is 34.1. The monoisotopic (exact) mass is 448 g/mol. The zero-order chi connectivity index (χ0) is 23.1. The summed E-state index contributed by atoms with van der Waals surface area (Å²) < 4.78 is 42.8. The van der Waals surface area contributed by atoms with Gasteiger partial charge in [0.1, 0.15) is 5.69 Å². The second-order valence-electron chi connectivity index (χ2n) is 7.66. The van der Waals surface area contributed by atoms with Gasteiger partial charge in [0.25, 0.3) is 5.91 Å². The molecule has 31 heavy (non-hydrogen) atoms. The highest BCUT2D eigenvalue weighted by Crippen LogP contribution is 2.38. The maximum absolute atomic E-state index is 12.8. The third-order valence-corrected chi connectivity index (χ3v) is 5.44. The van der Waals surface area contributed by atoms with E-state index in [1.807, 2.05) is 4.90 Å². The van der Waals surface area contributed by atoms with Crippen LogP contribution in [0.1, 0.15) is 17.4 Å². The molecule has 1 amide bonds. The Kier molecular flexibility index (Phi) is 8.71. The Bertz CT molecular complexity index is 737. The van der Waals surface area contributed by atoms with Gasteiger partial charge in [0.05, 0.1) is 26.0 Å². The molecule has 0 aliphatic carbocycles. The molecule has 174 valence electrons. The fraction of sp³-hybridized carbons (Fsp3) is 0.684. The largest absolute Gasteiger partial charge is 0.490 e. The van der Waals surface area contributed by atoms with Gasteiger partial charge in [0.15, 0.2) is 0 Å². The summed E-state index contributed by atoms with van der Waals surface area (Å²) in [6.07, 6.45) is -0.414. The Hall–Kier alpha value is -2.31. The van der Waals surface area contributed by atoms with E-state index in [9.17, 15) is 18.0 Å². The number of aromatic nitrogens is 2. The molecular formula is C19H27F3N4O5. The molecule has 2 aliphatic rings. The topological polar surface area (TPSA) is 105 Å². The average molecular weight is 448 g/mol. The molecule has 1 aromatic heterocycles. The third-order valence-electron chi connectivity index (χ3n) is 5.44. The van der Waals surface area contributed by atoms with Crippen LogP contribution in [-0.2, 0) is 14.3 Å². The fourth-order valence-corrected chi connectivity index (χ4v) is 3.73. The molecule has 3 rings (SSSR count). The molecule has 1 aromatic rings. The molecule has 0 radical (unpaired) electrons. The Labute approximate surface area is 178 Å². The van der Waals surface area contributed by atoms with E-state index in [1.165, 1.54) is 6.20 Å². The molecule has 1 N–H and O–H groups in total. The minimum atomic E-state index is -5.08. The van der Waals surface area contributed by atoms with E-state index in [2.05, 4.69) is 21.8 Å². The number of ether oxygens (including phenoxy) is 2. The zero-order valence-electron chi connectivity index (χ0n) is 17.5. The number of likely N-dealkylation sites (tertiary alicyclic amines) is 1. The molecule has 2 saturated heterocycles. The van der Waals surface area contributed by atoms with Crippen LogP contribution in [0, 0.1) is 11.3 Å². The predicted octanol–water partition coefficient (Wildman–Crippen LogP) is 1.17. The number of alkyl halides is 3.